The molecule has 0 aliphatic carbocycles. The van der Waals surface area contributed by atoms with Gasteiger partial charge in [-0.1, -0.05) is 13.8 Å². The van der Waals surface area contributed by atoms with E-state index in [0.717, 1.165) is 6.20 Å². The number of cyclic esters (lactones) is 1. The van der Waals surface area contributed by atoms with Gasteiger partial charge in [0.05, 0.1) is 12.8 Å². The molecule has 0 spiro atoms. The SMILES string of the molecule is CC1(C)COC(=O)C1NC(=O)Nc1ccc(F)cn1. The number of amides is 2. The maximum absolute atomic E-state index is 12.7. The zero-order chi connectivity index (χ0) is 14.0. The van der Waals surface area contributed by atoms with Crippen LogP contribution in [0.5, 0.6) is 0 Å². The fourth-order valence-corrected chi connectivity index (χ4v) is 1.73. The fraction of sp³-hybridized carbons (Fsp3) is 0.417. The van der Waals surface area contributed by atoms with Crippen molar-refractivity contribution in [3.05, 3.63) is 24.1 Å². The Morgan fingerprint density at radius 1 is 1.53 bits per heavy atom. The molecule has 102 valence electrons. The third-order valence-electron chi connectivity index (χ3n) is 2.85. The van der Waals surface area contributed by atoms with Crippen molar-refractivity contribution in [2.24, 2.45) is 5.41 Å². The van der Waals surface area contributed by atoms with Crippen LogP contribution >= 0.6 is 0 Å². The normalized spacial score (nSPS) is 20.8. The Balaban J connectivity index is 1.98. The van der Waals surface area contributed by atoms with Crippen LogP contribution in [0, 0.1) is 11.2 Å². The van der Waals surface area contributed by atoms with Crippen molar-refractivity contribution >= 4 is 17.8 Å². The summed E-state index contributed by atoms with van der Waals surface area (Å²) in [6.45, 7) is 3.89. The van der Waals surface area contributed by atoms with Gasteiger partial charge in [0.15, 0.2) is 0 Å². The maximum Gasteiger partial charge on any atom is 0.329 e. The van der Waals surface area contributed by atoms with Crippen LogP contribution in [0.3, 0.4) is 0 Å². The van der Waals surface area contributed by atoms with Gasteiger partial charge in [0.25, 0.3) is 0 Å². The van der Waals surface area contributed by atoms with E-state index in [1.54, 1.807) is 0 Å². The number of ether oxygens (including phenoxy) is 1. The predicted molar refractivity (Wildman–Crippen MR) is 64.9 cm³/mol. The molecule has 2 amide bonds. The summed E-state index contributed by atoms with van der Waals surface area (Å²) in [4.78, 5) is 26.9. The Morgan fingerprint density at radius 3 is 2.79 bits per heavy atom. The molecule has 0 aromatic carbocycles. The van der Waals surface area contributed by atoms with Gasteiger partial charge in [0.2, 0.25) is 0 Å². The molecule has 0 saturated carbocycles. The highest BCUT2D eigenvalue weighted by atomic mass is 19.1. The number of nitrogens with one attached hydrogen (secondary N) is 2. The molecule has 2 heterocycles. The van der Waals surface area contributed by atoms with Crippen molar-refractivity contribution in [2.75, 3.05) is 11.9 Å². The minimum Gasteiger partial charge on any atom is -0.463 e. The lowest BCUT2D eigenvalue weighted by Gasteiger charge is -2.22. The number of rotatable bonds is 2. The third-order valence-corrected chi connectivity index (χ3v) is 2.85. The van der Waals surface area contributed by atoms with Crippen LogP contribution in [0.1, 0.15) is 13.8 Å². The fourth-order valence-electron chi connectivity index (χ4n) is 1.73. The number of nitrogens with zero attached hydrogens (tertiary/aromatic N) is 1. The molecule has 0 bridgehead atoms. The zero-order valence-corrected chi connectivity index (χ0v) is 10.6. The lowest BCUT2D eigenvalue weighted by atomic mass is 9.88. The smallest absolute Gasteiger partial charge is 0.329 e. The number of pyridine rings is 1. The van der Waals surface area contributed by atoms with E-state index in [4.69, 9.17) is 4.74 Å². The Hall–Kier alpha value is -2.18. The van der Waals surface area contributed by atoms with Gasteiger partial charge in [0, 0.05) is 5.41 Å². The van der Waals surface area contributed by atoms with Gasteiger partial charge in [0.1, 0.15) is 17.7 Å². The lowest BCUT2D eigenvalue weighted by Crippen LogP contribution is -2.48. The van der Waals surface area contributed by atoms with E-state index in [9.17, 15) is 14.0 Å². The maximum atomic E-state index is 12.7. The summed E-state index contributed by atoms with van der Waals surface area (Å²) in [5, 5.41) is 4.94. The summed E-state index contributed by atoms with van der Waals surface area (Å²) < 4.78 is 17.6. The van der Waals surface area contributed by atoms with Crippen LogP contribution in [0.4, 0.5) is 15.0 Å². The molecule has 19 heavy (non-hydrogen) atoms. The van der Waals surface area contributed by atoms with Crippen LogP contribution in [-0.4, -0.2) is 29.6 Å². The number of carbonyl (C=O) groups is 2. The van der Waals surface area contributed by atoms with Gasteiger partial charge in [-0.3, -0.25) is 5.32 Å². The van der Waals surface area contributed by atoms with Crippen LogP contribution in [-0.2, 0) is 9.53 Å². The second-order valence-electron chi connectivity index (χ2n) is 4.99. The summed E-state index contributed by atoms with van der Waals surface area (Å²) in [7, 11) is 0. The van der Waals surface area contributed by atoms with Gasteiger partial charge in [-0.2, -0.15) is 0 Å². The van der Waals surface area contributed by atoms with Crippen molar-refractivity contribution in [1.29, 1.82) is 0 Å². The number of anilines is 1. The first-order valence-electron chi connectivity index (χ1n) is 5.74. The molecule has 1 aliphatic rings. The van der Waals surface area contributed by atoms with Crippen molar-refractivity contribution in [3.63, 3.8) is 0 Å². The second-order valence-corrected chi connectivity index (χ2v) is 4.99. The number of esters is 1. The molecule has 1 aromatic rings. The first-order chi connectivity index (χ1) is 8.88. The number of hydrogen-bond acceptors (Lipinski definition) is 4. The average molecular weight is 267 g/mol. The zero-order valence-electron chi connectivity index (χ0n) is 10.6. The van der Waals surface area contributed by atoms with Crippen LogP contribution < -0.4 is 10.6 Å². The number of urea groups is 1. The summed E-state index contributed by atoms with van der Waals surface area (Å²) in [6, 6.07) is 1.20. The van der Waals surface area contributed by atoms with Crippen LogP contribution in [0.25, 0.3) is 0 Å². The van der Waals surface area contributed by atoms with Crippen molar-refractivity contribution < 1.29 is 18.7 Å². The molecule has 1 unspecified atom stereocenters. The predicted octanol–water partition coefficient (Wildman–Crippen LogP) is 1.29. The van der Waals surface area contributed by atoms with Gasteiger partial charge in [-0.05, 0) is 12.1 Å². The van der Waals surface area contributed by atoms with Gasteiger partial charge in [-0.15, -0.1) is 0 Å². The number of aromatic nitrogens is 1. The Bertz CT molecular complexity index is 501. The molecular formula is C12H14FN3O3. The minimum atomic E-state index is -0.715. The van der Waals surface area contributed by atoms with Crippen LogP contribution in [0.2, 0.25) is 0 Å². The molecule has 1 atom stereocenters. The monoisotopic (exact) mass is 267 g/mol. The van der Waals surface area contributed by atoms with E-state index in [-0.39, 0.29) is 12.4 Å². The number of halogens is 1. The van der Waals surface area contributed by atoms with E-state index in [1.807, 2.05) is 13.8 Å². The molecule has 1 saturated heterocycles. The first kappa shape index (κ1) is 13.3. The molecule has 2 rings (SSSR count). The van der Waals surface area contributed by atoms with Crippen molar-refractivity contribution in [2.45, 2.75) is 19.9 Å². The molecule has 0 radical (unpaired) electrons. The van der Waals surface area contributed by atoms with E-state index in [2.05, 4.69) is 15.6 Å². The van der Waals surface area contributed by atoms with E-state index >= 15 is 0 Å². The summed E-state index contributed by atoms with van der Waals surface area (Å²) in [5.41, 5.74) is -0.468. The highest BCUT2D eigenvalue weighted by Gasteiger charge is 2.44. The van der Waals surface area contributed by atoms with E-state index in [1.165, 1.54) is 12.1 Å². The summed E-state index contributed by atoms with van der Waals surface area (Å²) in [6.07, 6.45) is 0.989. The topological polar surface area (TPSA) is 80.3 Å². The van der Waals surface area contributed by atoms with Gasteiger partial charge >= 0.3 is 12.0 Å². The Labute approximate surface area is 109 Å². The molecule has 2 N–H and O–H groups in total. The second kappa shape index (κ2) is 4.83. The summed E-state index contributed by atoms with van der Waals surface area (Å²) in [5.74, 6) is -0.762. The van der Waals surface area contributed by atoms with Crippen LogP contribution in [0.15, 0.2) is 18.3 Å². The molecule has 7 heteroatoms. The highest BCUT2D eigenvalue weighted by molar-refractivity contribution is 5.92. The molecule has 1 aromatic heterocycles. The van der Waals surface area contributed by atoms with E-state index < -0.39 is 29.3 Å². The van der Waals surface area contributed by atoms with Crippen molar-refractivity contribution in [3.8, 4) is 0 Å². The Kier molecular flexibility index (Phi) is 3.37. The standard InChI is InChI=1S/C12H14FN3O3/c1-12(2)6-19-10(17)9(12)16-11(18)15-8-4-3-7(13)5-14-8/h3-5,9H,6H2,1-2H3,(H2,14,15,16,18). The molecular weight excluding hydrogens is 253 g/mol. The number of carbonyl (C=O) groups excluding carboxylic acids is 2. The lowest BCUT2D eigenvalue weighted by molar-refractivity contribution is -0.139. The average Bonchev–Trinajstić information content (AvgIpc) is 2.59. The number of hydrogen-bond donors (Lipinski definition) is 2. The Morgan fingerprint density at radius 2 is 2.26 bits per heavy atom. The molecule has 6 nitrogen and oxygen atoms in total. The van der Waals surface area contributed by atoms with Crippen molar-refractivity contribution in [1.82, 2.24) is 10.3 Å². The molecule has 1 fully saturated rings. The highest BCUT2D eigenvalue weighted by Crippen LogP contribution is 2.28. The third kappa shape index (κ3) is 2.98. The largest absolute Gasteiger partial charge is 0.463 e. The quantitative estimate of drug-likeness (QED) is 0.791. The first-order valence-corrected chi connectivity index (χ1v) is 5.74. The minimum absolute atomic E-state index is 0.197. The van der Waals surface area contributed by atoms with Gasteiger partial charge in [-0.25, -0.2) is 19.0 Å². The molecule has 1 aliphatic heterocycles. The summed E-state index contributed by atoms with van der Waals surface area (Å²) >= 11 is 0. The van der Waals surface area contributed by atoms with Gasteiger partial charge < -0.3 is 10.1 Å². The van der Waals surface area contributed by atoms with E-state index in [0.29, 0.717) is 0 Å².